The van der Waals surface area contributed by atoms with Crippen LogP contribution in [0.1, 0.15) is 28.1 Å². The quantitative estimate of drug-likeness (QED) is 0.157. The van der Waals surface area contributed by atoms with Crippen molar-refractivity contribution in [3.05, 3.63) is 53.3 Å². The van der Waals surface area contributed by atoms with Crippen LogP contribution in [0.25, 0.3) is 10.2 Å². The van der Waals surface area contributed by atoms with Gasteiger partial charge in [-0.3, -0.25) is 4.79 Å². The number of rotatable bonds is 11. The van der Waals surface area contributed by atoms with Gasteiger partial charge in [-0.15, -0.1) is 28.1 Å². The number of anilines is 1. The summed E-state index contributed by atoms with van der Waals surface area (Å²) >= 11 is 5.63. The molecule has 35 heavy (non-hydrogen) atoms. The first-order valence-electron chi connectivity index (χ1n) is 10.6. The van der Waals surface area contributed by atoms with Crippen LogP contribution in [0.2, 0.25) is 0 Å². The first-order valence-corrected chi connectivity index (χ1v) is 14.2. The number of fused-ring (bicyclic) bond motifs is 1. The Labute approximate surface area is 218 Å². The lowest BCUT2D eigenvalue weighted by atomic mass is 10.3. The van der Waals surface area contributed by atoms with Crippen LogP contribution in [0.3, 0.4) is 0 Å². The molecule has 0 saturated carbocycles. The number of para-hydroxylation sites is 1. The number of carbonyl (C=O) groups excluding carboxylic acids is 2. The first kappa shape index (κ1) is 25.4. The van der Waals surface area contributed by atoms with Crippen molar-refractivity contribution in [3.63, 3.8) is 0 Å². The number of carbonyl (C=O) groups is 2. The van der Waals surface area contributed by atoms with Gasteiger partial charge in [0.1, 0.15) is 10.7 Å². The molecule has 3 aromatic heterocycles. The number of aryl methyl sites for hydroxylation is 1. The van der Waals surface area contributed by atoms with Gasteiger partial charge in [0, 0.05) is 6.54 Å². The molecular formula is C22H22N6O3S4. The summed E-state index contributed by atoms with van der Waals surface area (Å²) in [7, 11) is 0. The fourth-order valence-corrected chi connectivity index (χ4v) is 6.66. The molecule has 1 aromatic carbocycles. The average Bonchev–Trinajstić information content (AvgIpc) is 3.53. The van der Waals surface area contributed by atoms with E-state index in [2.05, 4.69) is 38.1 Å². The molecular weight excluding hydrogens is 525 g/mol. The topological polar surface area (TPSA) is 112 Å². The highest BCUT2D eigenvalue weighted by Crippen LogP contribution is 2.32. The van der Waals surface area contributed by atoms with Crippen LogP contribution in [0.4, 0.5) is 5.13 Å². The third kappa shape index (κ3) is 6.28. The molecule has 0 spiro atoms. The molecule has 0 radical (unpaired) electrons. The van der Waals surface area contributed by atoms with Crippen LogP contribution < -0.4 is 5.32 Å². The van der Waals surface area contributed by atoms with E-state index in [4.69, 9.17) is 4.74 Å². The zero-order valence-electron chi connectivity index (χ0n) is 19.0. The number of hydrogen-bond acceptors (Lipinski definition) is 11. The van der Waals surface area contributed by atoms with Gasteiger partial charge in [0.15, 0.2) is 14.6 Å². The van der Waals surface area contributed by atoms with Crippen LogP contribution in [0.15, 0.2) is 46.4 Å². The summed E-state index contributed by atoms with van der Waals surface area (Å²) in [5, 5.41) is 12.3. The molecule has 0 aliphatic carbocycles. The van der Waals surface area contributed by atoms with Crippen molar-refractivity contribution in [2.75, 3.05) is 17.7 Å². The number of benzene rings is 1. The number of nitrogens with one attached hydrogen (secondary N) is 1. The van der Waals surface area contributed by atoms with Gasteiger partial charge >= 0.3 is 5.97 Å². The predicted molar refractivity (Wildman–Crippen MR) is 142 cm³/mol. The maximum Gasteiger partial charge on any atom is 0.350 e. The van der Waals surface area contributed by atoms with Crippen molar-refractivity contribution in [1.29, 1.82) is 0 Å². The lowest BCUT2D eigenvalue weighted by Crippen LogP contribution is -2.14. The molecule has 0 bridgehead atoms. The fourth-order valence-electron chi connectivity index (χ4n) is 3.01. The van der Waals surface area contributed by atoms with Crippen molar-refractivity contribution < 1.29 is 14.3 Å². The van der Waals surface area contributed by atoms with Gasteiger partial charge in [-0.2, -0.15) is 0 Å². The summed E-state index contributed by atoms with van der Waals surface area (Å²) in [5.41, 5.74) is 1.51. The minimum atomic E-state index is -0.439. The maximum absolute atomic E-state index is 12.5. The van der Waals surface area contributed by atoms with E-state index in [9.17, 15) is 9.59 Å². The minimum Gasteiger partial charge on any atom is -0.462 e. The Kier molecular flexibility index (Phi) is 8.55. The van der Waals surface area contributed by atoms with E-state index in [1.54, 1.807) is 43.0 Å². The molecule has 0 aliphatic heterocycles. The zero-order valence-corrected chi connectivity index (χ0v) is 22.3. The second kappa shape index (κ2) is 11.8. The molecule has 9 nitrogen and oxygen atoms in total. The molecule has 1 amide bonds. The minimum absolute atomic E-state index is 0.119. The van der Waals surface area contributed by atoms with Crippen LogP contribution in [-0.2, 0) is 21.8 Å². The molecule has 13 heteroatoms. The lowest BCUT2D eigenvalue weighted by molar-refractivity contribution is -0.113. The summed E-state index contributed by atoms with van der Waals surface area (Å²) < 4.78 is 9.07. The highest BCUT2D eigenvalue weighted by atomic mass is 32.2. The van der Waals surface area contributed by atoms with Crippen molar-refractivity contribution in [1.82, 2.24) is 24.7 Å². The van der Waals surface area contributed by atoms with Gasteiger partial charge in [0.05, 0.1) is 34.0 Å². The number of thioether (sulfide) groups is 2. The van der Waals surface area contributed by atoms with Crippen molar-refractivity contribution in [2.24, 2.45) is 0 Å². The highest BCUT2D eigenvalue weighted by Gasteiger charge is 2.19. The number of aromatic nitrogens is 5. The van der Waals surface area contributed by atoms with E-state index >= 15 is 0 Å². The SMILES string of the molecule is C=CCn1c(CSc2nc3ccccc3s2)nnc1SCC(=O)Nc1nc(C)c(C(=O)OCC)s1. The number of thiazole rings is 2. The summed E-state index contributed by atoms with van der Waals surface area (Å²) in [5.74, 6) is 0.811. The third-order valence-corrected chi connectivity index (χ3v) is 8.74. The smallest absolute Gasteiger partial charge is 0.350 e. The molecule has 0 atom stereocenters. The van der Waals surface area contributed by atoms with Gasteiger partial charge in [0.25, 0.3) is 0 Å². The Bertz CT molecular complexity index is 1330. The van der Waals surface area contributed by atoms with E-state index in [1.807, 2.05) is 22.8 Å². The summed E-state index contributed by atoms with van der Waals surface area (Å²) in [4.78, 5) is 33.8. The number of amides is 1. The van der Waals surface area contributed by atoms with E-state index in [-0.39, 0.29) is 18.3 Å². The Morgan fingerprint density at radius 1 is 1.20 bits per heavy atom. The molecule has 1 N–H and O–H groups in total. The molecule has 0 fully saturated rings. The van der Waals surface area contributed by atoms with Crippen LogP contribution in [-0.4, -0.2) is 49.0 Å². The van der Waals surface area contributed by atoms with Crippen LogP contribution in [0, 0.1) is 6.92 Å². The van der Waals surface area contributed by atoms with Gasteiger partial charge < -0.3 is 14.6 Å². The first-order chi connectivity index (χ1) is 17.0. The summed E-state index contributed by atoms with van der Waals surface area (Å²) in [6, 6.07) is 8.04. The number of nitrogens with zero attached hydrogens (tertiary/aromatic N) is 5. The zero-order chi connectivity index (χ0) is 24.8. The normalized spacial score (nSPS) is 11.0. The Balaban J connectivity index is 1.36. The van der Waals surface area contributed by atoms with Crippen molar-refractivity contribution >= 4 is 73.4 Å². The Morgan fingerprint density at radius 2 is 2.03 bits per heavy atom. The standard InChI is InChI=1S/C22H22N6O3S4/c1-4-10-28-16(11-33-22-24-14-8-6-7-9-15(14)34-22)26-27-21(28)32-12-17(29)25-20-23-13(3)18(35-20)19(30)31-5-2/h4,6-9H,1,5,10-12H2,2-3H3,(H,23,25,29). The molecule has 0 unspecified atom stereocenters. The lowest BCUT2D eigenvalue weighted by Gasteiger charge is -2.07. The molecule has 4 rings (SSSR count). The second-order valence-corrected chi connectivity index (χ2v) is 11.2. The van der Waals surface area contributed by atoms with E-state index < -0.39 is 5.97 Å². The molecule has 0 saturated heterocycles. The largest absolute Gasteiger partial charge is 0.462 e. The highest BCUT2D eigenvalue weighted by molar-refractivity contribution is 8.00. The number of esters is 1. The molecule has 4 aromatic rings. The van der Waals surface area contributed by atoms with Gasteiger partial charge in [-0.1, -0.05) is 53.1 Å². The third-order valence-electron chi connectivity index (χ3n) is 4.54. The fraction of sp³-hybridized carbons (Fsp3) is 0.273. The van der Waals surface area contributed by atoms with Gasteiger partial charge in [0.2, 0.25) is 5.91 Å². The molecule has 3 heterocycles. The average molecular weight is 547 g/mol. The van der Waals surface area contributed by atoms with Crippen LogP contribution >= 0.6 is 46.2 Å². The Hall–Kier alpha value is -2.74. The number of allylic oxidation sites excluding steroid dienone is 1. The van der Waals surface area contributed by atoms with E-state index in [0.29, 0.717) is 33.2 Å². The Morgan fingerprint density at radius 3 is 2.80 bits per heavy atom. The maximum atomic E-state index is 12.5. The number of hydrogen-bond donors (Lipinski definition) is 1. The summed E-state index contributed by atoms with van der Waals surface area (Å²) in [6.07, 6.45) is 1.77. The van der Waals surface area contributed by atoms with Crippen molar-refractivity contribution in [3.8, 4) is 0 Å². The van der Waals surface area contributed by atoms with E-state index in [0.717, 1.165) is 31.7 Å². The second-order valence-electron chi connectivity index (χ2n) is 7.03. The monoisotopic (exact) mass is 546 g/mol. The summed E-state index contributed by atoms with van der Waals surface area (Å²) in [6.45, 7) is 8.08. The van der Waals surface area contributed by atoms with Gasteiger partial charge in [-0.25, -0.2) is 14.8 Å². The van der Waals surface area contributed by atoms with Crippen LogP contribution in [0.5, 0.6) is 0 Å². The molecule has 0 aliphatic rings. The molecule has 182 valence electrons. The van der Waals surface area contributed by atoms with E-state index in [1.165, 1.54) is 11.8 Å². The van der Waals surface area contributed by atoms with Gasteiger partial charge in [-0.05, 0) is 26.0 Å². The van der Waals surface area contributed by atoms with Crippen molar-refractivity contribution in [2.45, 2.75) is 35.6 Å². The number of ether oxygens (including phenoxy) is 1. The predicted octanol–water partition coefficient (Wildman–Crippen LogP) is 5.04.